The lowest BCUT2D eigenvalue weighted by Crippen LogP contribution is -2.04. The summed E-state index contributed by atoms with van der Waals surface area (Å²) in [6.07, 6.45) is 0. The molecule has 0 fully saturated rings. The monoisotopic (exact) mass is 331 g/mol. The Bertz CT molecular complexity index is 619. The van der Waals surface area contributed by atoms with Crippen molar-refractivity contribution in [2.75, 3.05) is 5.32 Å². The molecule has 2 N–H and O–H groups in total. The number of hydrogen-bond donors (Lipinski definition) is 2. The maximum atomic E-state index is 13.4. The molecule has 0 unspecified atom stereocenters. The Hall–Kier alpha value is -1.69. The molecule has 100 valence electrons. The molecule has 2 aromatic rings. The highest BCUT2D eigenvalue weighted by molar-refractivity contribution is 9.10. The number of benzene rings is 2. The Morgan fingerprint density at radius 2 is 1.89 bits per heavy atom. The van der Waals surface area contributed by atoms with Crippen LogP contribution >= 0.6 is 15.9 Å². The van der Waals surface area contributed by atoms with Crippen molar-refractivity contribution in [3.8, 4) is 5.75 Å². The van der Waals surface area contributed by atoms with Crippen LogP contribution in [0.2, 0.25) is 0 Å². The summed E-state index contributed by atoms with van der Waals surface area (Å²) in [7, 11) is 0. The molecular weight excluding hydrogens is 323 g/mol. The van der Waals surface area contributed by atoms with Gasteiger partial charge in [0.1, 0.15) is 11.6 Å². The lowest BCUT2D eigenvalue weighted by atomic mass is 10.2. The van der Waals surface area contributed by atoms with Gasteiger partial charge in [-0.3, -0.25) is 0 Å². The van der Waals surface area contributed by atoms with Crippen molar-refractivity contribution in [1.29, 1.82) is 0 Å². The molecule has 0 aromatic heterocycles. The Kier molecular flexibility index (Phi) is 3.99. The van der Waals surface area contributed by atoms with Gasteiger partial charge < -0.3 is 10.4 Å². The van der Waals surface area contributed by atoms with E-state index in [-0.39, 0.29) is 18.0 Å². The molecular formula is C13H9BrF3NO. The first kappa shape index (κ1) is 13.7. The number of aromatic hydroxyl groups is 1. The number of para-hydroxylation sites is 1. The third-order valence-electron chi connectivity index (χ3n) is 2.53. The van der Waals surface area contributed by atoms with Crippen LogP contribution in [0.3, 0.4) is 0 Å². The number of phenolic OH excluding ortho intramolecular Hbond substituents is 1. The topological polar surface area (TPSA) is 32.3 Å². The van der Waals surface area contributed by atoms with Crippen molar-refractivity contribution in [1.82, 2.24) is 0 Å². The van der Waals surface area contributed by atoms with Gasteiger partial charge in [0, 0.05) is 24.2 Å². The molecule has 2 aromatic carbocycles. The highest BCUT2D eigenvalue weighted by Gasteiger charge is 2.12. The van der Waals surface area contributed by atoms with Gasteiger partial charge in [0.25, 0.3) is 0 Å². The van der Waals surface area contributed by atoms with Gasteiger partial charge >= 0.3 is 0 Å². The van der Waals surface area contributed by atoms with Crippen LogP contribution in [-0.4, -0.2) is 5.11 Å². The van der Waals surface area contributed by atoms with Gasteiger partial charge in [-0.1, -0.05) is 12.1 Å². The van der Waals surface area contributed by atoms with Gasteiger partial charge in [-0.2, -0.15) is 0 Å². The molecule has 0 aliphatic carbocycles. The second kappa shape index (κ2) is 5.52. The maximum absolute atomic E-state index is 13.4. The molecule has 0 aliphatic rings. The number of halogens is 4. The molecule has 2 nitrogen and oxygen atoms in total. The molecule has 0 spiro atoms. The highest BCUT2D eigenvalue weighted by atomic mass is 79.9. The van der Waals surface area contributed by atoms with Gasteiger partial charge in [0.2, 0.25) is 0 Å². The highest BCUT2D eigenvalue weighted by Crippen LogP contribution is 2.28. The average Bonchev–Trinajstić information content (AvgIpc) is 2.36. The third-order valence-corrected chi connectivity index (χ3v) is 3.17. The lowest BCUT2D eigenvalue weighted by Gasteiger charge is -2.10. The fourth-order valence-corrected chi connectivity index (χ4v) is 1.98. The van der Waals surface area contributed by atoms with Crippen LogP contribution < -0.4 is 5.32 Å². The minimum absolute atomic E-state index is 0.00715. The van der Waals surface area contributed by atoms with Crippen LogP contribution in [0.4, 0.5) is 18.9 Å². The summed E-state index contributed by atoms with van der Waals surface area (Å²) in [6.45, 7) is 0.0328. The van der Waals surface area contributed by atoms with Crippen LogP contribution in [0.25, 0.3) is 0 Å². The van der Waals surface area contributed by atoms with Crippen LogP contribution in [0.5, 0.6) is 5.75 Å². The molecule has 0 aliphatic heterocycles. The molecule has 0 amide bonds. The zero-order valence-corrected chi connectivity index (χ0v) is 11.1. The van der Waals surface area contributed by atoms with E-state index in [4.69, 9.17) is 0 Å². The van der Waals surface area contributed by atoms with Gasteiger partial charge in [-0.15, -0.1) is 0 Å². The van der Waals surface area contributed by atoms with E-state index in [0.29, 0.717) is 16.1 Å². The molecule has 0 radical (unpaired) electrons. The molecule has 0 atom stereocenters. The van der Waals surface area contributed by atoms with E-state index in [0.717, 1.165) is 6.07 Å². The minimum atomic E-state index is -1.26. The molecule has 19 heavy (non-hydrogen) atoms. The number of nitrogens with one attached hydrogen (secondary N) is 1. The summed E-state index contributed by atoms with van der Waals surface area (Å²) in [6, 6.07) is 6.26. The molecule has 0 saturated heterocycles. The summed E-state index contributed by atoms with van der Waals surface area (Å²) < 4.78 is 39.8. The van der Waals surface area contributed by atoms with Gasteiger partial charge in [-0.05, 0) is 22.0 Å². The Morgan fingerprint density at radius 3 is 2.63 bits per heavy atom. The second-order valence-corrected chi connectivity index (χ2v) is 4.70. The number of rotatable bonds is 3. The minimum Gasteiger partial charge on any atom is -0.506 e. The second-order valence-electron chi connectivity index (χ2n) is 3.85. The largest absolute Gasteiger partial charge is 0.506 e. The van der Waals surface area contributed by atoms with E-state index in [9.17, 15) is 18.3 Å². The van der Waals surface area contributed by atoms with E-state index in [1.165, 1.54) is 0 Å². The Morgan fingerprint density at radius 1 is 1.16 bits per heavy atom. The SMILES string of the molecule is Oc1c(Br)cccc1CNc1cc(F)cc(F)c1F. The van der Waals surface area contributed by atoms with E-state index in [1.807, 2.05) is 0 Å². The van der Waals surface area contributed by atoms with Crippen molar-refractivity contribution in [3.63, 3.8) is 0 Å². The van der Waals surface area contributed by atoms with Crippen LogP contribution in [0.1, 0.15) is 5.56 Å². The molecule has 0 heterocycles. The van der Waals surface area contributed by atoms with Gasteiger partial charge in [0.15, 0.2) is 11.6 Å². The zero-order valence-electron chi connectivity index (χ0n) is 9.55. The summed E-state index contributed by atoms with van der Waals surface area (Å²) in [5, 5.41) is 12.3. The Balaban J connectivity index is 2.21. The van der Waals surface area contributed by atoms with Crippen LogP contribution in [-0.2, 0) is 6.54 Å². The number of hydrogen-bond acceptors (Lipinski definition) is 2. The van der Waals surface area contributed by atoms with Crippen molar-refractivity contribution in [2.24, 2.45) is 0 Å². The van der Waals surface area contributed by atoms with Crippen molar-refractivity contribution in [2.45, 2.75) is 6.54 Å². The zero-order chi connectivity index (χ0) is 14.0. The van der Waals surface area contributed by atoms with Crippen molar-refractivity contribution < 1.29 is 18.3 Å². The van der Waals surface area contributed by atoms with E-state index >= 15 is 0 Å². The molecule has 0 saturated carbocycles. The lowest BCUT2D eigenvalue weighted by molar-refractivity contribution is 0.465. The number of anilines is 1. The van der Waals surface area contributed by atoms with Crippen LogP contribution in [0, 0.1) is 17.5 Å². The first-order valence-electron chi connectivity index (χ1n) is 5.34. The van der Waals surface area contributed by atoms with Crippen molar-refractivity contribution in [3.05, 3.63) is 57.8 Å². The fourth-order valence-electron chi connectivity index (χ4n) is 1.58. The maximum Gasteiger partial charge on any atom is 0.182 e. The summed E-state index contributed by atoms with van der Waals surface area (Å²) in [4.78, 5) is 0. The average molecular weight is 332 g/mol. The predicted molar refractivity (Wildman–Crippen MR) is 69.4 cm³/mol. The van der Waals surface area contributed by atoms with E-state index in [1.54, 1.807) is 18.2 Å². The summed E-state index contributed by atoms with van der Waals surface area (Å²) in [5.74, 6) is -3.30. The summed E-state index contributed by atoms with van der Waals surface area (Å²) >= 11 is 3.14. The quantitative estimate of drug-likeness (QED) is 0.827. The third kappa shape index (κ3) is 3.01. The van der Waals surface area contributed by atoms with E-state index in [2.05, 4.69) is 21.2 Å². The van der Waals surface area contributed by atoms with Gasteiger partial charge in [-0.25, -0.2) is 13.2 Å². The van der Waals surface area contributed by atoms with E-state index < -0.39 is 17.5 Å². The fraction of sp³-hybridized carbons (Fsp3) is 0.0769. The normalized spacial score (nSPS) is 10.5. The standard InChI is InChI=1S/C13H9BrF3NO/c14-9-3-1-2-7(13(9)19)6-18-11-5-8(15)4-10(16)12(11)17/h1-5,18-19H,6H2. The van der Waals surface area contributed by atoms with Crippen LogP contribution in [0.15, 0.2) is 34.8 Å². The first-order chi connectivity index (χ1) is 8.99. The molecule has 2 rings (SSSR count). The first-order valence-corrected chi connectivity index (χ1v) is 6.13. The predicted octanol–water partition coefficient (Wildman–Crippen LogP) is 4.18. The Labute approximate surface area is 116 Å². The molecule has 6 heteroatoms. The van der Waals surface area contributed by atoms with Crippen molar-refractivity contribution >= 4 is 21.6 Å². The molecule has 0 bridgehead atoms. The van der Waals surface area contributed by atoms with Gasteiger partial charge in [0.05, 0.1) is 10.2 Å². The number of phenols is 1. The summed E-state index contributed by atoms with van der Waals surface area (Å²) in [5.41, 5.74) is 0.176. The smallest absolute Gasteiger partial charge is 0.182 e.